The summed E-state index contributed by atoms with van der Waals surface area (Å²) < 4.78 is 0. The van der Waals surface area contributed by atoms with Crippen molar-refractivity contribution in [3.8, 4) is 11.4 Å². The molecule has 0 spiro atoms. The van der Waals surface area contributed by atoms with Crippen LogP contribution in [0.4, 0.5) is 0 Å². The third-order valence-electron chi connectivity index (χ3n) is 4.18. The summed E-state index contributed by atoms with van der Waals surface area (Å²) in [6, 6.07) is 0. The van der Waals surface area contributed by atoms with Crippen molar-refractivity contribution in [1.82, 2.24) is 15.3 Å². The van der Waals surface area contributed by atoms with Gasteiger partial charge in [0, 0.05) is 29.1 Å². The van der Waals surface area contributed by atoms with Crippen molar-refractivity contribution in [2.45, 2.75) is 39.5 Å². The molecule has 1 aliphatic rings. The molecule has 1 aliphatic heterocycles. The molecule has 0 amide bonds. The maximum Gasteiger partial charge on any atom is 0.161 e. The number of rotatable bonds is 4. The van der Waals surface area contributed by atoms with Crippen LogP contribution in [0.1, 0.15) is 52.8 Å². The summed E-state index contributed by atoms with van der Waals surface area (Å²) in [7, 11) is 0. The standard InChI is InChI=1S/C16H21N3OS/c1-4-12-14(10(3)20)9(2)18-15(12)13-8-21-16(19-13)11-5-6-17-7-11/h8,11,17-18H,4-7H2,1-3H3. The average Bonchev–Trinajstić information content (AvgIpc) is 3.16. The lowest BCUT2D eigenvalue weighted by Gasteiger charge is -2.03. The lowest BCUT2D eigenvalue weighted by Crippen LogP contribution is -2.07. The van der Waals surface area contributed by atoms with Gasteiger partial charge in [0.15, 0.2) is 5.78 Å². The Morgan fingerprint density at radius 3 is 2.95 bits per heavy atom. The number of aryl methyl sites for hydroxylation is 1. The molecule has 3 heterocycles. The Bertz CT molecular complexity index is 665. The lowest BCUT2D eigenvalue weighted by molar-refractivity contribution is 0.101. The molecule has 1 atom stereocenters. The minimum absolute atomic E-state index is 0.127. The SMILES string of the molecule is CCc1c(-c2csc(C3CCNC3)n2)[nH]c(C)c1C(C)=O. The van der Waals surface area contributed by atoms with Crippen LogP contribution < -0.4 is 5.32 Å². The third kappa shape index (κ3) is 2.56. The zero-order chi connectivity index (χ0) is 15.0. The normalized spacial score (nSPS) is 18.3. The second-order valence-electron chi connectivity index (χ2n) is 5.65. The summed E-state index contributed by atoms with van der Waals surface area (Å²) in [5.41, 5.74) is 4.89. The van der Waals surface area contributed by atoms with Crippen LogP contribution in [0.15, 0.2) is 5.38 Å². The molecule has 4 nitrogen and oxygen atoms in total. The van der Waals surface area contributed by atoms with Gasteiger partial charge in [0.1, 0.15) is 0 Å². The fraction of sp³-hybridized carbons (Fsp3) is 0.500. The highest BCUT2D eigenvalue weighted by atomic mass is 32.1. The first-order valence-corrected chi connectivity index (χ1v) is 8.38. The first-order valence-electron chi connectivity index (χ1n) is 7.50. The van der Waals surface area contributed by atoms with E-state index in [1.165, 1.54) is 5.01 Å². The van der Waals surface area contributed by atoms with Crippen molar-refractivity contribution in [2.24, 2.45) is 0 Å². The molecule has 2 N–H and O–H groups in total. The van der Waals surface area contributed by atoms with E-state index in [1.807, 2.05) is 6.92 Å². The Balaban J connectivity index is 2.00. The maximum atomic E-state index is 11.9. The predicted octanol–water partition coefficient (Wildman–Crippen LogP) is 3.29. The summed E-state index contributed by atoms with van der Waals surface area (Å²) in [6.45, 7) is 7.79. The molecule has 0 aromatic carbocycles. The molecule has 112 valence electrons. The quantitative estimate of drug-likeness (QED) is 0.852. The molecular formula is C16H21N3OS. The van der Waals surface area contributed by atoms with Crippen molar-refractivity contribution in [2.75, 3.05) is 13.1 Å². The smallest absolute Gasteiger partial charge is 0.161 e. The number of H-pyrrole nitrogens is 1. The Morgan fingerprint density at radius 1 is 1.52 bits per heavy atom. The average molecular weight is 303 g/mol. The highest BCUT2D eigenvalue weighted by Crippen LogP contribution is 2.33. The summed E-state index contributed by atoms with van der Waals surface area (Å²) in [5.74, 6) is 0.666. The van der Waals surface area contributed by atoms with Gasteiger partial charge in [-0.2, -0.15) is 0 Å². The van der Waals surface area contributed by atoms with Gasteiger partial charge in [-0.15, -0.1) is 11.3 Å². The maximum absolute atomic E-state index is 11.9. The van der Waals surface area contributed by atoms with E-state index >= 15 is 0 Å². The van der Waals surface area contributed by atoms with E-state index in [-0.39, 0.29) is 5.78 Å². The van der Waals surface area contributed by atoms with E-state index in [0.29, 0.717) is 5.92 Å². The summed E-state index contributed by atoms with van der Waals surface area (Å²) in [4.78, 5) is 20.1. The second kappa shape index (κ2) is 5.73. The largest absolute Gasteiger partial charge is 0.356 e. The molecule has 0 bridgehead atoms. The summed E-state index contributed by atoms with van der Waals surface area (Å²) in [6.07, 6.45) is 2.00. The Morgan fingerprint density at radius 2 is 2.33 bits per heavy atom. The minimum Gasteiger partial charge on any atom is -0.356 e. The molecule has 0 saturated carbocycles. The zero-order valence-corrected chi connectivity index (χ0v) is 13.6. The molecule has 1 saturated heterocycles. The number of thiazole rings is 1. The molecule has 5 heteroatoms. The van der Waals surface area contributed by atoms with Crippen LogP contribution in [0.5, 0.6) is 0 Å². The van der Waals surface area contributed by atoms with Crippen molar-refractivity contribution in [1.29, 1.82) is 0 Å². The van der Waals surface area contributed by atoms with E-state index in [4.69, 9.17) is 4.98 Å². The van der Waals surface area contributed by atoms with E-state index in [2.05, 4.69) is 22.6 Å². The molecule has 1 fully saturated rings. The van der Waals surface area contributed by atoms with Crippen molar-refractivity contribution in [3.63, 3.8) is 0 Å². The lowest BCUT2D eigenvalue weighted by atomic mass is 10.0. The monoisotopic (exact) mass is 303 g/mol. The van der Waals surface area contributed by atoms with Crippen LogP contribution in [0.25, 0.3) is 11.4 Å². The summed E-state index contributed by atoms with van der Waals surface area (Å²) >= 11 is 1.73. The van der Waals surface area contributed by atoms with Gasteiger partial charge in [0.2, 0.25) is 0 Å². The van der Waals surface area contributed by atoms with Gasteiger partial charge in [-0.1, -0.05) is 6.92 Å². The van der Waals surface area contributed by atoms with Gasteiger partial charge >= 0.3 is 0 Å². The Labute approximate surface area is 129 Å². The first kappa shape index (κ1) is 14.5. The number of aromatic amines is 1. The zero-order valence-electron chi connectivity index (χ0n) is 12.7. The number of ketones is 1. The number of Topliss-reactive ketones (excluding diaryl/α,β-unsaturated/α-hetero) is 1. The van der Waals surface area contributed by atoms with Gasteiger partial charge in [-0.25, -0.2) is 4.98 Å². The number of nitrogens with one attached hydrogen (secondary N) is 2. The van der Waals surface area contributed by atoms with Gasteiger partial charge in [0.25, 0.3) is 0 Å². The summed E-state index contributed by atoms with van der Waals surface area (Å²) in [5, 5.41) is 6.70. The second-order valence-corrected chi connectivity index (χ2v) is 6.54. The van der Waals surface area contributed by atoms with Crippen molar-refractivity contribution in [3.05, 3.63) is 27.2 Å². The number of carbonyl (C=O) groups excluding carboxylic acids is 1. The fourth-order valence-corrected chi connectivity index (χ4v) is 4.13. The van der Waals surface area contributed by atoms with Crippen LogP contribution >= 0.6 is 11.3 Å². The Hall–Kier alpha value is -1.46. The van der Waals surface area contributed by atoms with E-state index in [9.17, 15) is 4.79 Å². The first-order chi connectivity index (χ1) is 10.1. The third-order valence-corrected chi connectivity index (χ3v) is 5.19. The van der Waals surface area contributed by atoms with Gasteiger partial charge in [0.05, 0.1) is 16.4 Å². The minimum atomic E-state index is 0.127. The van der Waals surface area contributed by atoms with Gasteiger partial charge < -0.3 is 10.3 Å². The van der Waals surface area contributed by atoms with E-state index in [0.717, 1.165) is 54.1 Å². The van der Waals surface area contributed by atoms with Crippen LogP contribution in [-0.2, 0) is 6.42 Å². The number of hydrogen-bond donors (Lipinski definition) is 2. The molecule has 21 heavy (non-hydrogen) atoms. The van der Waals surface area contributed by atoms with Crippen LogP contribution in [0, 0.1) is 6.92 Å². The van der Waals surface area contributed by atoms with Crippen LogP contribution in [-0.4, -0.2) is 28.8 Å². The fourth-order valence-electron chi connectivity index (χ4n) is 3.18. The number of aromatic nitrogens is 2. The Kier molecular flexibility index (Phi) is 3.95. The molecule has 1 unspecified atom stereocenters. The molecule has 0 aliphatic carbocycles. The van der Waals surface area contributed by atoms with Gasteiger partial charge in [-0.05, 0) is 38.8 Å². The molecule has 3 rings (SSSR count). The highest BCUT2D eigenvalue weighted by molar-refractivity contribution is 7.10. The van der Waals surface area contributed by atoms with Crippen molar-refractivity contribution < 1.29 is 4.79 Å². The van der Waals surface area contributed by atoms with E-state index in [1.54, 1.807) is 18.3 Å². The topological polar surface area (TPSA) is 57.8 Å². The van der Waals surface area contributed by atoms with E-state index < -0.39 is 0 Å². The number of carbonyl (C=O) groups is 1. The van der Waals surface area contributed by atoms with Crippen LogP contribution in [0.3, 0.4) is 0 Å². The molecule has 0 radical (unpaired) electrons. The molecule has 2 aromatic heterocycles. The van der Waals surface area contributed by atoms with Crippen molar-refractivity contribution >= 4 is 17.1 Å². The van der Waals surface area contributed by atoms with Gasteiger partial charge in [-0.3, -0.25) is 4.79 Å². The molecule has 2 aromatic rings. The molecular weight excluding hydrogens is 282 g/mol. The number of hydrogen-bond acceptors (Lipinski definition) is 4. The van der Waals surface area contributed by atoms with Crippen LogP contribution in [0.2, 0.25) is 0 Å². The predicted molar refractivity (Wildman–Crippen MR) is 86.2 cm³/mol. The number of nitrogens with zero attached hydrogens (tertiary/aromatic N) is 1. The highest BCUT2D eigenvalue weighted by Gasteiger charge is 2.23.